The molecule has 82 valence electrons. The maximum atomic E-state index is 10.1. The maximum Gasteiger partial charge on any atom is 0.124 e. The Morgan fingerprint density at radius 2 is 2.07 bits per heavy atom. The average Bonchev–Trinajstić information content (AvgIpc) is 2.98. The topological polar surface area (TPSA) is 38.7 Å². The Balaban J connectivity index is 2.43. The zero-order chi connectivity index (χ0) is 10.9. The fraction of sp³-hybridized carbons (Fsp3) is 0.500. The van der Waals surface area contributed by atoms with Crippen LogP contribution in [0.5, 0.6) is 5.75 Å². The SMILES string of the molecule is COCc1c(OC)cccc1C1(O)CC1. The van der Waals surface area contributed by atoms with Gasteiger partial charge in [0.2, 0.25) is 0 Å². The third-order valence-electron chi connectivity index (χ3n) is 2.87. The molecule has 0 spiro atoms. The van der Waals surface area contributed by atoms with Crippen molar-refractivity contribution in [3.63, 3.8) is 0 Å². The molecule has 0 bridgehead atoms. The first-order valence-electron chi connectivity index (χ1n) is 5.09. The van der Waals surface area contributed by atoms with Gasteiger partial charge in [-0.05, 0) is 24.5 Å². The summed E-state index contributed by atoms with van der Waals surface area (Å²) >= 11 is 0. The van der Waals surface area contributed by atoms with Crippen molar-refractivity contribution in [1.29, 1.82) is 0 Å². The van der Waals surface area contributed by atoms with Crippen molar-refractivity contribution in [3.8, 4) is 5.75 Å². The van der Waals surface area contributed by atoms with Crippen molar-refractivity contribution in [2.45, 2.75) is 25.0 Å². The molecule has 1 fully saturated rings. The van der Waals surface area contributed by atoms with Crippen LogP contribution in [0.25, 0.3) is 0 Å². The largest absolute Gasteiger partial charge is 0.496 e. The predicted octanol–water partition coefficient (Wildman–Crippen LogP) is 1.82. The summed E-state index contributed by atoms with van der Waals surface area (Å²) in [5.74, 6) is 0.787. The summed E-state index contributed by atoms with van der Waals surface area (Å²) in [5.41, 5.74) is 1.27. The molecule has 0 unspecified atom stereocenters. The third kappa shape index (κ3) is 1.85. The van der Waals surface area contributed by atoms with Gasteiger partial charge in [0.25, 0.3) is 0 Å². The summed E-state index contributed by atoms with van der Waals surface area (Å²) in [6.45, 7) is 0.474. The molecule has 3 nitrogen and oxygen atoms in total. The lowest BCUT2D eigenvalue weighted by Gasteiger charge is -2.16. The van der Waals surface area contributed by atoms with Crippen molar-refractivity contribution in [1.82, 2.24) is 0 Å². The Morgan fingerprint density at radius 1 is 1.33 bits per heavy atom. The lowest BCUT2D eigenvalue weighted by atomic mass is 10.0. The second kappa shape index (κ2) is 3.83. The van der Waals surface area contributed by atoms with Crippen LogP contribution in [0.3, 0.4) is 0 Å². The normalized spacial score (nSPS) is 17.5. The summed E-state index contributed by atoms with van der Waals surface area (Å²) in [4.78, 5) is 0. The van der Waals surface area contributed by atoms with Gasteiger partial charge in [0.1, 0.15) is 5.75 Å². The third-order valence-corrected chi connectivity index (χ3v) is 2.87. The first-order chi connectivity index (χ1) is 7.21. The van der Waals surface area contributed by atoms with E-state index in [1.165, 1.54) is 0 Å². The molecule has 0 saturated heterocycles. The van der Waals surface area contributed by atoms with E-state index in [4.69, 9.17) is 9.47 Å². The summed E-state index contributed by atoms with van der Waals surface area (Å²) in [5, 5.41) is 10.1. The monoisotopic (exact) mass is 208 g/mol. The number of ether oxygens (including phenoxy) is 2. The van der Waals surface area contributed by atoms with Gasteiger partial charge in [-0.1, -0.05) is 12.1 Å². The number of aliphatic hydroxyl groups is 1. The minimum Gasteiger partial charge on any atom is -0.496 e. The predicted molar refractivity (Wildman–Crippen MR) is 56.8 cm³/mol. The van der Waals surface area contributed by atoms with Crippen LogP contribution in [0.15, 0.2) is 18.2 Å². The zero-order valence-corrected chi connectivity index (χ0v) is 9.12. The van der Waals surface area contributed by atoms with Crippen LogP contribution in [-0.2, 0) is 16.9 Å². The van der Waals surface area contributed by atoms with Crippen molar-refractivity contribution >= 4 is 0 Å². The van der Waals surface area contributed by atoms with E-state index in [-0.39, 0.29) is 0 Å². The van der Waals surface area contributed by atoms with Crippen LogP contribution >= 0.6 is 0 Å². The lowest BCUT2D eigenvalue weighted by molar-refractivity contribution is 0.140. The second-order valence-corrected chi connectivity index (χ2v) is 3.95. The Kier molecular flexibility index (Phi) is 2.67. The minimum absolute atomic E-state index is 0.474. The van der Waals surface area contributed by atoms with Crippen LogP contribution in [0.2, 0.25) is 0 Å². The van der Waals surface area contributed by atoms with E-state index < -0.39 is 5.60 Å². The Hall–Kier alpha value is -1.06. The molecule has 1 aliphatic carbocycles. The van der Waals surface area contributed by atoms with Gasteiger partial charge in [-0.25, -0.2) is 0 Å². The van der Waals surface area contributed by atoms with E-state index in [1.54, 1.807) is 14.2 Å². The average molecular weight is 208 g/mol. The Labute approximate surface area is 89.6 Å². The summed E-state index contributed by atoms with van der Waals surface area (Å²) in [6.07, 6.45) is 1.66. The van der Waals surface area contributed by atoms with Crippen molar-refractivity contribution < 1.29 is 14.6 Å². The van der Waals surface area contributed by atoms with Crippen molar-refractivity contribution in [2.24, 2.45) is 0 Å². The zero-order valence-electron chi connectivity index (χ0n) is 9.12. The standard InChI is InChI=1S/C12H16O3/c1-14-8-9-10(12(13)6-7-12)4-3-5-11(9)15-2/h3-5,13H,6-8H2,1-2H3. The molecular weight excluding hydrogens is 192 g/mol. The van der Waals surface area contributed by atoms with Gasteiger partial charge in [-0.2, -0.15) is 0 Å². The van der Waals surface area contributed by atoms with Crippen LogP contribution in [0, 0.1) is 0 Å². The van der Waals surface area contributed by atoms with Gasteiger partial charge in [0, 0.05) is 12.7 Å². The van der Waals surface area contributed by atoms with Crippen LogP contribution in [0.1, 0.15) is 24.0 Å². The van der Waals surface area contributed by atoms with Gasteiger partial charge < -0.3 is 14.6 Å². The maximum absolute atomic E-state index is 10.1. The molecule has 1 aliphatic rings. The molecule has 15 heavy (non-hydrogen) atoms. The summed E-state index contributed by atoms with van der Waals surface area (Å²) in [7, 11) is 3.28. The molecule has 3 heteroatoms. The summed E-state index contributed by atoms with van der Waals surface area (Å²) < 4.78 is 10.4. The number of methoxy groups -OCH3 is 2. The van der Waals surface area contributed by atoms with E-state index >= 15 is 0 Å². The molecule has 0 heterocycles. The molecule has 1 N–H and O–H groups in total. The molecule has 0 amide bonds. The van der Waals surface area contributed by atoms with E-state index in [1.807, 2.05) is 18.2 Å². The molecule has 0 radical (unpaired) electrons. The van der Waals surface area contributed by atoms with Crippen molar-refractivity contribution in [3.05, 3.63) is 29.3 Å². The fourth-order valence-corrected chi connectivity index (χ4v) is 1.87. The van der Waals surface area contributed by atoms with E-state index in [0.717, 1.165) is 29.7 Å². The van der Waals surface area contributed by atoms with Crippen LogP contribution in [0.4, 0.5) is 0 Å². The van der Waals surface area contributed by atoms with Crippen molar-refractivity contribution in [2.75, 3.05) is 14.2 Å². The number of benzene rings is 1. The van der Waals surface area contributed by atoms with E-state index in [0.29, 0.717) is 6.61 Å². The van der Waals surface area contributed by atoms with Gasteiger partial charge in [-0.15, -0.1) is 0 Å². The van der Waals surface area contributed by atoms with E-state index in [2.05, 4.69) is 0 Å². The smallest absolute Gasteiger partial charge is 0.124 e. The molecular formula is C12H16O3. The number of hydrogen-bond donors (Lipinski definition) is 1. The molecule has 1 saturated carbocycles. The number of hydrogen-bond acceptors (Lipinski definition) is 3. The first-order valence-corrected chi connectivity index (χ1v) is 5.09. The molecule has 0 aliphatic heterocycles. The molecule has 0 atom stereocenters. The van der Waals surface area contributed by atoms with Gasteiger partial charge in [-0.3, -0.25) is 0 Å². The summed E-state index contributed by atoms with van der Waals surface area (Å²) in [6, 6.07) is 5.75. The number of rotatable bonds is 4. The van der Waals surface area contributed by atoms with Gasteiger partial charge >= 0.3 is 0 Å². The Morgan fingerprint density at radius 3 is 2.60 bits per heavy atom. The highest BCUT2D eigenvalue weighted by molar-refractivity contribution is 5.44. The van der Waals surface area contributed by atoms with Crippen LogP contribution < -0.4 is 4.74 Å². The van der Waals surface area contributed by atoms with Gasteiger partial charge in [0.05, 0.1) is 19.3 Å². The molecule has 1 aromatic carbocycles. The second-order valence-electron chi connectivity index (χ2n) is 3.95. The van der Waals surface area contributed by atoms with Crippen LogP contribution in [-0.4, -0.2) is 19.3 Å². The highest BCUT2D eigenvalue weighted by atomic mass is 16.5. The highest BCUT2D eigenvalue weighted by Gasteiger charge is 2.44. The molecule has 0 aromatic heterocycles. The molecule has 2 rings (SSSR count). The molecule has 1 aromatic rings. The first kappa shape index (κ1) is 10.5. The lowest BCUT2D eigenvalue weighted by Crippen LogP contribution is -2.10. The Bertz CT molecular complexity index is 356. The fourth-order valence-electron chi connectivity index (χ4n) is 1.87. The highest BCUT2D eigenvalue weighted by Crippen LogP contribution is 2.48. The minimum atomic E-state index is -0.637. The quantitative estimate of drug-likeness (QED) is 0.820. The van der Waals surface area contributed by atoms with E-state index in [9.17, 15) is 5.11 Å². The van der Waals surface area contributed by atoms with Gasteiger partial charge in [0.15, 0.2) is 0 Å².